The third-order valence-corrected chi connectivity index (χ3v) is 7.10. The zero-order chi connectivity index (χ0) is 29.6. The van der Waals surface area contributed by atoms with Gasteiger partial charge in [0.1, 0.15) is 70.6 Å². The van der Waals surface area contributed by atoms with Crippen molar-refractivity contribution in [2.45, 2.75) is 68.3 Å². The van der Waals surface area contributed by atoms with Gasteiger partial charge >= 0.3 is 0 Å². The van der Waals surface area contributed by atoms with Crippen LogP contribution in [0.2, 0.25) is 0 Å². The highest BCUT2D eigenvalue weighted by atomic mass is 16.8. The van der Waals surface area contributed by atoms with Gasteiger partial charge in [0.15, 0.2) is 17.8 Å². The SMILES string of the molecule is CC1OC(OC2C(Oc3cc(O)cc4oc(-c5ccc(O)cc5)cc(=O)c34)OC(CO)C(O)C2O)C(O)C(O)C1O. The molecule has 14 heteroatoms. The molecule has 1 aromatic heterocycles. The van der Waals surface area contributed by atoms with Crippen molar-refractivity contribution in [3.05, 3.63) is 52.7 Å². The third kappa shape index (κ3) is 5.61. The van der Waals surface area contributed by atoms with E-state index in [0.717, 1.165) is 6.07 Å². The molecule has 2 fully saturated rings. The van der Waals surface area contributed by atoms with E-state index in [1.54, 1.807) is 0 Å². The predicted molar refractivity (Wildman–Crippen MR) is 137 cm³/mol. The van der Waals surface area contributed by atoms with E-state index in [9.17, 15) is 45.6 Å². The molecular weight excluding hydrogens is 548 g/mol. The van der Waals surface area contributed by atoms with Crippen LogP contribution in [0, 0.1) is 0 Å². The molecule has 0 amide bonds. The first kappa shape index (κ1) is 29.2. The zero-order valence-electron chi connectivity index (χ0n) is 21.5. The van der Waals surface area contributed by atoms with Crippen LogP contribution in [-0.2, 0) is 14.2 Å². The summed E-state index contributed by atoms with van der Waals surface area (Å²) in [6.07, 6.45) is -15.6. The van der Waals surface area contributed by atoms with Crippen LogP contribution in [0.3, 0.4) is 0 Å². The largest absolute Gasteiger partial charge is 0.508 e. The molecule has 2 aliphatic heterocycles. The summed E-state index contributed by atoms with van der Waals surface area (Å²) in [7, 11) is 0. The van der Waals surface area contributed by atoms with Crippen molar-refractivity contribution in [1.82, 2.24) is 0 Å². The molecule has 2 aliphatic rings. The van der Waals surface area contributed by atoms with Crippen LogP contribution < -0.4 is 10.2 Å². The van der Waals surface area contributed by atoms with E-state index in [-0.39, 0.29) is 34.0 Å². The minimum atomic E-state index is -1.79. The fourth-order valence-electron chi connectivity index (χ4n) is 4.80. The number of ether oxygens (including phenoxy) is 4. The van der Waals surface area contributed by atoms with Crippen molar-refractivity contribution in [2.75, 3.05) is 6.61 Å². The minimum absolute atomic E-state index is 0.00857. The maximum atomic E-state index is 13.2. The Morgan fingerprint density at radius 2 is 1.51 bits per heavy atom. The molecular formula is C27H30O14. The van der Waals surface area contributed by atoms with Crippen LogP contribution >= 0.6 is 0 Å². The smallest absolute Gasteiger partial charge is 0.229 e. The fourth-order valence-corrected chi connectivity index (χ4v) is 4.80. The Hall–Kier alpha value is -3.31. The Bertz CT molecular complexity index is 1420. The zero-order valence-corrected chi connectivity index (χ0v) is 21.5. The molecule has 41 heavy (non-hydrogen) atoms. The van der Waals surface area contributed by atoms with E-state index in [2.05, 4.69) is 0 Å². The summed E-state index contributed by atoms with van der Waals surface area (Å²) in [5, 5.41) is 81.3. The molecule has 5 rings (SSSR count). The van der Waals surface area contributed by atoms with Gasteiger partial charge in [-0.3, -0.25) is 4.79 Å². The summed E-state index contributed by atoms with van der Waals surface area (Å²) in [4.78, 5) is 13.2. The highest BCUT2D eigenvalue weighted by Crippen LogP contribution is 2.35. The number of aromatic hydroxyl groups is 2. The van der Waals surface area contributed by atoms with Gasteiger partial charge in [-0.1, -0.05) is 0 Å². The van der Waals surface area contributed by atoms with Crippen LogP contribution in [0.15, 0.2) is 51.7 Å². The molecule has 0 radical (unpaired) electrons. The summed E-state index contributed by atoms with van der Waals surface area (Å²) in [5.41, 5.74) is -0.207. The first-order valence-corrected chi connectivity index (χ1v) is 12.7. The van der Waals surface area contributed by atoms with Crippen LogP contribution in [0.25, 0.3) is 22.3 Å². The molecule has 10 atom stereocenters. The standard InChI is InChI=1S/C27H30O14/c1-10-20(32)22(34)24(36)26(37-10)41-25-23(35)21(33)18(9-28)40-27(25)39-17-7-13(30)6-16-19(17)14(31)8-15(38-16)11-2-4-12(29)5-3-11/h2-8,10,18,20-30,32-36H,9H2,1H3. The van der Waals surface area contributed by atoms with Gasteiger partial charge in [-0.2, -0.15) is 0 Å². The van der Waals surface area contributed by atoms with E-state index < -0.39 is 73.4 Å². The number of fused-ring (bicyclic) bond motifs is 1. The van der Waals surface area contributed by atoms with Crippen molar-refractivity contribution >= 4 is 11.0 Å². The van der Waals surface area contributed by atoms with Gasteiger partial charge in [0.05, 0.1) is 12.7 Å². The highest BCUT2D eigenvalue weighted by molar-refractivity contribution is 5.86. The lowest BCUT2D eigenvalue weighted by molar-refractivity contribution is -0.354. The molecule has 14 nitrogen and oxygen atoms in total. The van der Waals surface area contributed by atoms with Gasteiger partial charge in [-0.15, -0.1) is 0 Å². The molecule has 2 aromatic carbocycles. The topological polar surface area (TPSA) is 229 Å². The maximum absolute atomic E-state index is 13.2. The highest BCUT2D eigenvalue weighted by Gasteiger charge is 2.51. The molecule has 2 saturated heterocycles. The number of hydrogen-bond donors (Lipinski definition) is 8. The molecule has 8 N–H and O–H groups in total. The fraction of sp³-hybridized carbons (Fsp3) is 0.444. The lowest BCUT2D eigenvalue weighted by Gasteiger charge is -2.45. The average Bonchev–Trinajstić information content (AvgIpc) is 2.94. The number of aliphatic hydroxyl groups excluding tert-OH is 6. The van der Waals surface area contributed by atoms with Crippen LogP contribution in [0.4, 0.5) is 0 Å². The van der Waals surface area contributed by atoms with Crippen LogP contribution in [0.5, 0.6) is 17.2 Å². The first-order chi connectivity index (χ1) is 19.5. The quantitative estimate of drug-likeness (QED) is 0.174. The van der Waals surface area contributed by atoms with Gasteiger partial charge in [-0.05, 0) is 31.2 Å². The molecule has 0 aliphatic carbocycles. The second kappa shape index (κ2) is 11.5. The van der Waals surface area contributed by atoms with Crippen LogP contribution in [-0.4, -0.2) is 109 Å². The van der Waals surface area contributed by atoms with Crippen molar-refractivity contribution < 1.29 is 64.2 Å². The number of hydrogen-bond acceptors (Lipinski definition) is 14. The van der Waals surface area contributed by atoms with Gasteiger partial charge in [0.2, 0.25) is 6.29 Å². The number of phenols is 2. The van der Waals surface area contributed by atoms with E-state index in [1.807, 2.05) is 0 Å². The first-order valence-electron chi connectivity index (χ1n) is 12.7. The third-order valence-electron chi connectivity index (χ3n) is 7.10. The summed E-state index contributed by atoms with van der Waals surface area (Å²) in [6, 6.07) is 9.29. The van der Waals surface area contributed by atoms with Gasteiger partial charge in [-0.25, -0.2) is 0 Å². The van der Waals surface area contributed by atoms with Crippen molar-refractivity contribution in [3.63, 3.8) is 0 Å². The van der Waals surface area contributed by atoms with E-state index in [1.165, 1.54) is 43.3 Å². The lowest BCUT2D eigenvalue weighted by Crippen LogP contribution is -2.64. The summed E-state index contributed by atoms with van der Waals surface area (Å²) in [6.45, 7) is 0.674. The molecule has 3 aromatic rings. The monoisotopic (exact) mass is 578 g/mol. The second-order valence-electron chi connectivity index (χ2n) is 9.95. The average molecular weight is 579 g/mol. The van der Waals surface area contributed by atoms with E-state index in [0.29, 0.717) is 5.56 Å². The lowest BCUT2D eigenvalue weighted by atomic mass is 9.97. The number of aliphatic hydroxyl groups is 6. The molecule has 3 heterocycles. The Morgan fingerprint density at radius 1 is 0.805 bits per heavy atom. The van der Waals surface area contributed by atoms with E-state index in [4.69, 9.17) is 23.4 Å². The van der Waals surface area contributed by atoms with Gasteiger partial charge in [0, 0.05) is 23.8 Å². The minimum Gasteiger partial charge on any atom is -0.508 e. The Balaban J connectivity index is 1.50. The second-order valence-corrected chi connectivity index (χ2v) is 9.95. The number of phenolic OH excluding ortho intramolecular Hbond substituents is 2. The summed E-state index contributed by atoms with van der Waals surface area (Å²) in [5.74, 6) is -0.498. The summed E-state index contributed by atoms with van der Waals surface area (Å²) < 4.78 is 28.4. The molecule has 0 saturated carbocycles. The van der Waals surface area contributed by atoms with E-state index >= 15 is 0 Å². The predicted octanol–water partition coefficient (Wildman–Crippen LogP) is -1.10. The van der Waals surface area contributed by atoms with Gasteiger partial charge < -0.3 is 64.2 Å². The Morgan fingerprint density at radius 3 is 2.20 bits per heavy atom. The number of rotatable bonds is 6. The molecule has 222 valence electrons. The van der Waals surface area contributed by atoms with Gasteiger partial charge in [0.25, 0.3) is 0 Å². The Labute approximate surface area is 231 Å². The molecule has 0 spiro atoms. The Kier molecular flexibility index (Phi) is 8.20. The van der Waals surface area contributed by atoms with Crippen molar-refractivity contribution in [1.29, 1.82) is 0 Å². The van der Waals surface area contributed by atoms with Crippen LogP contribution in [0.1, 0.15) is 6.92 Å². The van der Waals surface area contributed by atoms with Crippen molar-refractivity contribution in [3.8, 4) is 28.6 Å². The normalized spacial score (nSPS) is 34.0. The van der Waals surface area contributed by atoms with Crippen molar-refractivity contribution in [2.24, 2.45) is 0 Å². The maximum Gasteiger partial charge on any atom is 0.229 e. The number of benzene rings is 2. The summed E-state index contributed by atoms with van der Waals surface area (Å²) >= 11 is 0. The molecule has 10 unspecified atom stereocenters. The molecule has 0 bridgehead atoms.